The van der Waals surface area contributed by atoms with Gasteiger partial charge in [0.05, 0.1) is 18.6 Å². The number of hydrogen-bond acceptors (Lipinski definition) is 9. The highest BCUT2D eigenvalue weighted by molar-refractivity contribution is 5.93. The number of amides is 5. The number of hydrogen-bond donors (Lipinski definition) is 5. The third-order valence-corrected chi connectivity index (χ3v) is 10.9. The Kier molecular flexibility index (Phi) is 19.7. The van der Waals surface area contributed by atoms with Gasteiger partial charge in [0.1, 0.15) is 18.2 Å². The summed E-state index contributed by atoms with van der Waals surface area (Å²) >= 11 is 0. The number of carbonyl (C=O) groups is 5. The number of nitrogens with one attached hydrogen (secondary N) is 4. The maximum Gasteiger partial charge on any atom is 0.407 e. The molecule has 0 bridgehead atoms. The first kappa shape index (κ1) is 49.2. The second-order valence-electron chi connectivity index (χ2n) is 18.3. The van der Waals surface area contributed by atoms with Gasteiger partial charge in [-0.2, -0.15) is 5.06 Å². The molecule has 5 amide bonds. The summed E-state index contributed by atoms with van der Waals surface area (Å²) in [5.74, 6) is -1.20. The van der Waals surface area contributed by atoms with Crippen molar-refractivity contribution in [1.29, 1.82) is 0 Å². The van der Waals surface area contributed by atoms with E-state index in [0.29, 0.717) is 77.5 Å². The Bertz CT molecular complexity index is 1520. The molecule has 1 aromatic rings. The van der Waals surface area contributed by atoms with Gasteiger partial charge in [0, 0.05) is 43.1 Å². The fourth-order valence-electron chi connectivity index (χ4n) is 8.13. The Morgan fingerprint density at radius 3 is 2.20 bits per heavy atom. The van der Waals surface area contributed by atoms with Crippen molar-refractivity contribution in [3.8, 4) is 0 Å². The number of alkyl carbamates (subject to hydrolysis) is 2. The average Bonchev–Trinajstić information content (AvgIpc) is 3.65. The van der Waals surface area contributed by atoms with E-state index in [2.05, 4.69) is 35.1 Å². The summed E-state index contributed by atoms with van der Waals surface area (Å²) in [5.41, 5.74) is -0.129. The summed E-state index contributed by atoms with van der Waals surface area (Å²) in [6.07, 6.45) is 8.64. The van der Waals surface area contributed by atoms with Crippen molar-refractivity contribution in [2.45, 2.75) is 174 Å². The molecule has 0 spiro atoms. The van der Waals surface area contributed by atoms with Gasteiger partial charge >= 0.3 is 12.2 Å². The maximum atomic E-state index is 14.4. The molecule has 2 heterocycles. The predicted octanol–water partition coefficient (Wildman–Crippen LogP) is 6.65. The third kappa shape index (κ3) is 16.4. The lowest BCUT2D eigenvalue weighted by molar-refractivity contribution is -0.256. The van der Waals surface area contributed by atoms with Crippen LogP contribution in [0.3, 0.4) is 0 Å². The van der Waals surface area contributed by atoms with Gasteiger partial charge in [-0.1, -0.05) is 69.7 Å². The molecule has 0 aliphatic carbocycles. The largest absolute Gasteiger partial charge is 0.450 e. The molecule has 5 N–H and O–H groups in total. The highest BCUT2D eigenvalue weighted by Gasteiger charge is 2.46. The van der Waals surface area contributed by atoms with E-state index in [4.69, 9.17) is 9.47 Å². The summed E-state index contributed by atoms with van der Waals surface area (Å²) in [7, 11) is 0. The first-order valence-corrected chi connectivity index (χ1v) is 21.8. The van der Waals surface area contributed by atoms with Gasteiger partial charge in [-0.15, -0.1) is 0 Å². The van der Waals surface area contributed by atoms with Gasteiger partial charge in [0.2, 0.25) is 17.7 Å². The van der Waals surface area contributed by atoms with Crippen molar-refractivity contribution in [1.82, 2.24) is 31.2 Å². The third-order valence-electron chi connectivity index (χ3n) is 10.9. The lowest BCUT2D eigenvalue weighted by Gasteiger charge is -2.50. The average molecular weight is 827 g/mol. The zero-order valence-corrected chi connectivity index (χ0v) is 37.2. The fourth-order valence-corrected chi connectivity index (χ4v) is 8.13. The van der Waals surface area contributed by atoms with Crippen molar-refractivity contribution in [2.75, 3.05) is 19.7 Å². The Morgan fingerprint density at radius 1 is 0.898 bits per heavy atom. The smallest absolute Gasteiger partial charge is 0.407 e. The van der Waals surface area contributed by atoms with Crippen LogP contribution in [0.15, 0.2) is 42.5 Å². The molecule has 2 saturated heterocycles. The number of benzene rings is 1. The highest BCUT2D eigenvalue weighted by atomic mass is 16.6. The lowest BCUT2D eigenvalue weighted by Crippen LogP contribution is -2.60. The second-order valence-corrected chi connectivity index (χ2v) is 18.3. The maximum absolute atomic E-state index is 14.4. The molecule has 2 aliphatic heterocycles. The molecule has 332 valence electrons. The molecule has 4 atom stereocenters. The Hall–Kier alpha value is -4.17. The molecule has 14 heteroatoms. The predicted molar refractivity (Wildman–Crippen MR) is 228 cm³/mol. The van der Waals surface area contributed by atoms with Crippen molar-refractivity contribution >= 4 is 29.9 Å². The van der Waals surface area contributed by atoms with E-state index < -0.39 is 41.3 Å². The van der Waals surface area contributed by atoms with Crippen LogP contribution in [-0.4, -0.2) is 106 Å². The highest BCUT2D eigenvalue weighted by Crippen LogP contribution is 2.38. The fraction of sp³-hybridized carbons (Fsp3) is 0.711. The van der Waals surface area contributed by atoms with Crippen LogP contribution in [-0.2, 0) is 30.3 Å². The van der Waals surface area contributed by atoms with E-state index in [0.717, 1.165) is 18.4 Å². The van der Waals surface area contributed by atoms with E-state index in [1.807, 2.05) is 91.0 Å². The van der Waals surface area contributed by atoms with E-state index in [9.17, 15) is 29.2 Å². The standard InChI is InChI=1S/C45H74N6O8/c1-10-11-26-58-43(56)48-35(27-31(2)3)23-22-34(28-33-18-13-12-14-19-33)41(54)50-25-17-21-38(50)40(53)49-37(39(52)47-32(4)5)20-15-16-24-46-42(55)59-36-29-44(6,7)51(57)45(8,9)30-36/h12-14,18-19,22-23,31-32,34-38,57H,10-11,15-17,20-21,24-30H2,1-9H3,(H,46,55)(H,47,52)(H,48,56)(H,49,53)/b23-22+/t34-,35-,37+,38+/m1/s1. The van der Waals surface area contributed by atoms with Gasteiger partial charge in [0.15, 0.2) is 0 Å². The van der Waals surface area contributed by atoms with Gasteiger partial charge in [-0.3, -0.25) is 14.4 Å². The number of rotatable bonds is 21. The summed E-state index contributed by atoms with van der Waals surface area (Å²) in [5, 5.41) is 23.5. The number of unbranched alkanes of at least 4 members (excludes halogenated alkanes) is 2. The van der Waals surface area contributed by atoms with Crippen LogP contribution in [0.2, 0.25) is 0 Å². The quantitative estimate of drug-likeness (QED) is 0.0671. The van der Waals surface area contributed by atoms with Crippen LogP contribution in [0.5, 0.6) is 0 Å². The van der Waals surface area contributed by atoms with E-state index in [1.54, 1.807) is 4.90 Å². The number of likely N-dealkylation sites (tertiary alicyclic amines) is 1. The van der Waals surface area contributed by atoms with Crippen LogP contribution in [0.4, 0.5) is 9.59 Å². The van der Waals surface area contributed by atoms with Gasteiger partial charge in [-0.25, -0.2) is 9.59 Å². The van der Waals surface area contributed by atoms with Crippen molar-refractivity contribution < 1.29 is 38.7 Å². The topological polar surface area (TPSA) is 179 Å². The monoisotopic (exact) mass is 827 g/mol. The Labute approximate surface area is 352 Å². The zero-order chi connectivity index (χ0) is 43.8. The van der Waals surface area contributed by atoms with Crippen LogP contribution < -0.4 is 21.3 Å². The number of piperidine rings is 1. The summed E-state index contributed by atoms with van der Waals surface area (Å²) in [4.78, 5) is 68.7. The van der Waals surface area contributed by atoms with E-state index in [-0.39, 0.29) is 41.8 Å². The van der Waals surface area contributed by atoms with Crippen molar-refractivity contribution in [2.24, 2.45) is 11.8 Å². The minimum absolute atomic E-state index is 0.145. The SMILES string of the molecule is CCCCOC(=O)N[C@H](/C=C/[C@H](Cc1ccccc1)C(=O)N1CCC[C@H]1C(=O)N[C@@H](CCCCNC(=O)OC1CC(C)(C)N(O)C(C)(C)C1)C(=O)NC(C)C)CC(C)C. The molecule has 14 nitrogen and oxygen atoms in total. The molecule has 2 fully saturated rings. The van der Waals surface area contributed by atoms with Gasteiger partial charge in [0.25, 0.3) is 0 Å². The molecule has 3 rings (SSSR count). The molecule has 0 saturated carbocycles. The van der Waals surface area contributed by atoms with E-state index in [1.165, 1.54) is 5.06 Å². The summed E-state index contributed by atoms with van der Waals surface area (Å²) in [6.45, 7) is 18.6. The van der Waals surface area contributed by atoms with Crippen LogP contribution in [0, 0.1) is 11.8 Å². The van der Waals surface area contributed by atoms with Crippen LogP contribution >= 0.6 is 0 Å². The number of ether oxygens (including phenoxy) is 2. The first-order valence-electron chi connectivity index (χ1n) is 21.8. The Morgan fingerprint density at radius 2 is 1.58 bits per heavy atom. The molecule has 59 heavy (non-hydrogen) atoms. The normalized spacial score (nSPS) is 19.6. The van der Waals surface area contributed by atoms with Crippen LogP contribution in [0.1, 0.15) is 132 Å². The molecule has 0 radical (unpaired) electrons. The molecule has 0 unspecified atom stereocenters. The van der Waals surface area contributed by atoms with Gasteiger partial charge < -0.3 is 40.8 Å². The summed E-state index contributed by atoms with van der Waals surface area (Å²) in [6, 6.07) is 7.64. The van der Waals surface area contributed by atoms with Crippen LogP contribution in [0.25, 0.3) is 0 Å². The number of hydroxylamine groups is 2. The molecule has 0 aromatic heterocycles. The number of carbonyl (C=O) groups excluding carboxylic acids is 5. The molecular formula is C45H74N6O8. The first-order chi connectivity index (χ1) is 27.8. The summed E-state index contributed by atoms with van der Waals surface area (Å²) < 4.78 is 11.1. The lowest BCUT2D eigenvalue weighted by atomic mass is 9.80. The molecule has 1 aromatic carbocycles. The minimum atomic E-state index is -0.831. The Balaban J connectivity index is 1.66. The van der Waals surface area contributed by atoms with Crippen molar-refractivity contribution in [3.63, 3.8) is 0 Å². The van der Waals surface area contributed by atoms with Crippen molar-refractivity contribution in [3.05, 3.63) is 48.0 Å². The zero-order valence-electron chi connectivity index (χ0n) is 37.2. The minimum Gasteiger partial charge on any atom is -0.450 e. The molecule has 2 aliphatic rings. The van der Waals surface area contributed by atoms with E-state index >= 15 is 0 Å². The molecular weight excluding hydrogens is 753 g/mol. The number of nitrogens with zero attached hydrogens (tertiary/aromatic N) is 2. The second kappa shape index (κ2) is 23.6. The van der Waals surface area contributed by atoms with Gasteiger partial charge in [-0.05, 0) is 104 Å².